The largest absolute Gasteiger partial charge is 0.496 e. The fraction of sp³-hybridized carbons (Fsp3) is 0.333. The highest BCUT2D eigenvalue weighted by Crippen LogP contribution is 2.30. The first-order chi connectivity index (χ1) is 13.0. The van der Waals surface area contributed by atoms with Crippen molar-refractivity contribution in [3.8, 4) is 5.75 Å². The van der Waals surface area contributed by atoms with E-state index in [1.807, 2.05) is 19.1 Å². The molecule has 0 aromatic heterocycles. The Hall–Kier alpha value is -3.02. The summed E-state index contributed by atoms with van der Waals surface area (Å²) in [4.78, 5) is 26.6. The lowest BCUT2D eigenvalue weighted by Crippen LogP contribution is -2.30. The number of aryl methyl sites for hydroxylation is 1. The molecular weight excluding hydrogens is 342 g/mol. The molecule has 27 heavy (non-hydrogen) atoms. The highest BCUT2D eigenvalue weighted by Gasteiger charge is 2.18. The number of ether oxygens (including phenoxy) is 1. The fourth-order valence-electron chi connectivity index (χ4n) is 3.36. The Kier molecular flexibility index (Phi) is 5.64. The van der Waals surface area contributed by atoms with E-state index in [0.717, 1.165) is 37.2 Å². The molecule has 0 radical (unpaired) electrons. The number of primary amides is 1. The molecule has 0 unspecified atom stereocenters. The van der Waals surface area contributed by atoms with Gasteiger partial charge in [0.2, 0.25) is 5.91 Å². The summed E-state index contributed by atoms with van der Waals surface area (Å²) in [5.74, 6) is -0.120. The minimum absolute atomic E-state index is 0.256. The lowest BCUT2D eigenvalue weighted by molar-refractivity contribution is 0.0996. The van der Waals surface area contributed by atoms with Gasteiger partial charge in [-0.25, -0.2) is 0 Å². The predicted octanol–water partition coefficient (Wildman–Crippen LogP) is 3.35. The maximum atomic E-state index is 12.8. The van der Waals surface area contributed by atoms with Crippen LogP contribution in [0.1, 0.15) is 45.5 Å². The van der Waals surface area contributed by atoms with Gasteiger partial charge in [0.25, 0.3) is 5.91 Å². The second-order valence-electron chi connectivity index (χ2n) is 6.78. The van der Waals surface area contributed by atoms with Crippen molar-refractivity contribution in [2.75, 3.05) is 30.4 Å². The number of anilines is 2. The number of benzene rings is 2. The molecule has 2 aromatic rings. The molecular formula is C21H25N3O3. The van der Waals surface area contributed by atoms with Crippen molar-refractivity contribution in [1.82, 2.24) is 0 Å². The molecule has 3 rings (SSSR count). The van der Waals surface area contributed by atoms with Gasteiger partial charge in [0.1, 0.15) is 5.75 Å². The maximum Gasteiger partial charge on any atom is 0.255 e. The van der Waals surface area contributed by atoms with Crippen LogP contribution in [0, 0.1) is 6.92 Å². The van der Waals surface area contributed by atoms with Crippen LogP contribution >= 0.6 is 0 Å². The zero-order valence-corrected chi connectivity index (χ0v) is 15.7. The second-order valence-corrected chi connectivity index (χ2v) is 6.78. The van der Waals surface area contributed by atoms with E-state index in [4.69, 9.17) is 10.5 Å². The molecule has 2 amide bonds. The number of nitrogens with zero attached hydrogens (tertiary/aromatic N) is 1. The Morgan fingerprint density at radius 1 is 1.04 bits per heavy atom. The average Bonchev–Trinajstić information content (AvgIpc) is 2.68. The molecule has 0 aliphatic carbocycles. The molecule has 3 N–H and O–H groups in total. The summed E-state index contributed by atoms with van der Waals surface area (Å²) in [5.41, 5.74) is 8.75. The quantitative estimate of drug-likeness (QED) is 0.849. The molecule has 2 aromatic carbocycles. The summed E-state index contributed by atoms with van der Waals surface area (Å²) in [5, 5.41) is 2.95. The van der Waals surface area contributed by atoms with E-state index in [9.17, 15) is 9.59 Å². The standard InChI is InChI=1S/C21H25N3O3/c1-14-6-7-16(13-19(14)27-2)21(26)23-17-12-15(20(22)25)8-9-18(17)24-10-4-3-5-11-24/h6-9,12-13H,3-5,10-11H2,1-2H3,(H2,22,25)(H,23,26). The number of piperidine rings is 1. The van der Waals surface area contributed by atoms with Gasteiger partial charge >= 0.3 is 0 Å². The summed E-state index contributed by atoms with van der Waals surface area (Å²) in [6.45, 7) is 3.78. The van der Waals surface area contributed by atoms with Crippen LogP contribution in [-0.4, -0.2) is 32.0 Å². The van der Waals surface area contributed by atoms with Crippen LogP contribution in [-0.2, 0) is 0 Å². The number of methoxy groups -OCH3 is 1. The van der Waals surface area contributed by atoms with E-state index in [2.05, 4.69) is 10.2 Å². The van der Waals surface area contributed by atoms with Gasteiger partial charge in [-0.05, 0) is 62.1 Å². The predicted molar refractivity (Wildman–Crippen MR) is 107 cm³/mol. The van der Waals surface area contributed by atoms with Gasteiger partial charge in [-0.3, -0.25) is 9.59 Å². The number of hydrogen-bond donors (Lipinski definition) is 2. The van der Waals surface area contributed by atoms with Crippen molar-refractivity contribution in [1.29, 1.82) is 0 Å². The number of rotatable bonds is 5. The lowest BCUT2D eigenvalue weighted by atomic mass is 10.1. The highest BCUT2D eigenvalue weighted by atomic mass is 16.5. The first kappa shape index (κ1) is 18.8. The van der Waals surface area contributed by atoms with Crippen LogP contribution in [0.15, 0.2) is 36.4 Å². The van der Waals surface area contributed by atoms with E-state index < -0.39 is 5.91 Å². The number of nitrogens with one attached hydrogen (secondary N) is 1. The number of carbonyl (C=O) groups excluding carboxylic acids is 2. The summed E-state index contributed by atoms with van der Waals surface area (Å²) >= 11 is 0. The number of amides is 2. The minimum Gasteiger partial charge on any atom is -0.496 e. The molecule has 0 bridgehead atoms. The van der Waals surface area contributed by atoms with E-state index in [1.165, 1.54) is 6.42 Å². The van der Waals surface area contributed by atoms with Crippen molar-refractivity contribution in [2.24, 2.45) is 5.73 Å². The molecule has 1 aliphatic heterocycles. The van der Waals surface area contributed by atoms with Crippen LogP contribution in [0.2, 0.25) is 0 Å². The smallest absolute Gasteiger partial charge is 0.255 e. The second kappa shape index (κ2) is 8.12. The molecule has 0 spiro atoms. The van der Waals surface area contributed by atoms with Crippen molar-refractivity contribution in [3.05, 3.63) is 53.1 Å². The highest BCUT2D eigenvalue weighted by molar-refractivity contribution is 6.07. The number of hydrogen-bond acceptors (Lipinski definition) is 4. The lowest BCUT2D eigenvalue weighted by Gasteiger charge is -2.30. The molecule has 0 atom stereocenters. The van der Waals surface area contributed by atoms with Crippen LogP contribution in [0.25, 0.3) is 0 Å². The fourth-order valence-corrected chi connectivity index (χ4v) is 3.36. The average molecular weight is 367 g/mol. The van der Waals surface area contributed by atoms with E-state index in [-0.39, 0.29) is 5.91 Å². The molecule has 1 aliphatic rings. The minimum atomic E-state index is -0.521. The van der Waals surface area contributed by atoms with E-state index in [0.29, 0.717) is 22.6 Å². The number of carbonyl (C=O) groups is 2. The monoisotopic (exact) mass is 367 g/mol. The molecule has 0 saturated carbocycles. The Morgan fingerprint density at radius 3 is 2.41 bits per heavy atom. The molecule has 6 nitrogen and oxygen atoms in total. The molecule has 1 saturated heterocycles. The first-order valence-electron chi connectivity index (χ1n) is 9.14. The van der Waals surface area contributed by atoms with Crippen molar-refractivity contribution >= 4 is 23.2 Å². The number of nitrogens with two attached hydrogens (primary N) is 1. The summed E-state index contributed by atoms with van der Waals surface area (Å²) in [7, 11) is 1.58. The van der Waals surface area contributed by atoms with Crippen LogP contribution in [0.5, 0.6) is 5.75 Å². The van der Waals surface area contributed by atoms with Gasteiger partial charge in [0.05, 0.1) is 18.5 Å². The SMILES string of the molecule is COc1cc(C(=O)Nc2cc(C(N)=O)ccc2N2CCCCC2)ccc1C. The molecule has 1 heterocycles. The van der Waals surface area contributed by atoms with Crippen molar-refractivity contribution in [3.63, 3.8) is 0 Å². The Morgan fingerprint density at radius 2 is 1.74 bits per heavy atom. The zero-order valence-electron chi connectivity index (χ0n) is 15.7. The molecule has 142 valence electrons. The maximum absolute atomic E-state index is 12.8. The molecule has 6 heteroatoms. The summed E-state index contributed by atoms with van der Waals surface area (Å²) < 4.78 is 5.31. The van der Waals surface area contributed by atoms with Crippen LogP contribution in [0.4, 0.5) is 11.4 Å². The summed E-state index contributed by atoms with van der Waals surface area (Å²) in [6.07, 6.45) is 3.43. The van der Waals surface area contributed by atoms with Crippen molar-refractivity contribution in [2.45, 2.75) is 26.2 Å². The first-order valence-corrected chi connectivity index (χ1v) is 9.14. The van der Waals surface area contributed by atoms with Crippen molar-refractivity contribution < 1.29 is 14.3 Å². The van der Waals surface area contributed by atoms with E-state index in [1.54, 1.807) is 31.4 Å². The third-order valence-corrected chi connectivity index (χ3v) is 4.90. The third kappa shape index (κ3) is 4.22. The van der Waals surface area contributed by atoms with Gasteiger partial charge in [0.15, 0.2) is 0 Å². The Bertz CT molecular complexity index is 858. The van der Waals surface area contributed by atoms with Gasteiger partial charge in [-0.2, -0.15) is 0 Å². The third-order valence-electron chi connectivity index (χ3n) is 4.90. The van der Waals surface area contributed by atoms with Gasteiger partial charge in [-0.1, -0.05) is 6.07 Å². The van der Waals surface area contributed by atoms with Gasteiger partial charge in [0, 0.05) is 24.2 Å². The summed E-state index contributed by atoms with van der Waals surface area (Å²) in [6, 6.07) is 10.5. The normalized spacial score (nSPS) is 13.9. The van der Waals surface area contributed by atoms with Gasteiger partial charge < -0.3 is 20.7 Å². The van der Waals surface area contributed by atoms with Gasteiger partial charge in [-0.15, -0.1) is 0 Å². The van der Waals surface area contributed by atoms with E-state index >= 15 is 0 Å². The topological polar surface area (TPSA) is 84.7 Å². The van der Waals surface area contributed by atoms with Crippen LogP contribution < -0.4 is 20.7 Å². The zero-order chi connectivity index (χ0) is 19.4. The van der Waals surface area contributed by atoms with Crippen LogP contribution in [0.3, 0.4) is 0 Å². The Balaban J connectivity index is 1.92. The Labute approximate surface area is 159 Å². The molecule has 1 fully saturated rings.